The highest BCUT2D eigenvalue weighted by Gasteiger charge is 2.16. The molecule has 0 aliphatic rings. The van der Waals surface area contributed by atoms with Gasteiger partial charge in [-0.2, -0.15) is 0 Å². The van der Waals surface area contributed by atoms with Gasteiger partial charge in [-0.1, -0.05) is 23.9 Å². The topological polar surface area (TPSA) is 64.1 Å². The van der Waals surface area contributed by atoms with Crippen molar-refractivity contribution in [2.24, 2.45) is 0 Å². The fourth-order valence-corrected chi connectivity index (χ4v) is 3.44. The van der Waals surface area contributed by atoms with Gasteiger partial charge >= 0.3 is 0 Å². The molecular weight excluding hydrogens is 346 g/mol. The molecule has 5 nitrogen and oxygen atoms in total. The van der Waals surface area contributed by atoms with Crippen LogP contribution in [0.3, 0.4) is 0 Å². The Morgan fingerprint density at radius 1 is 1.08 bits per heavy atom. The van der Waals surface area contributed by atoms with Crippen LogP contribution in [0.25, 0.3) is 0 Å². The summed E-state index contributed by atoms with van der Waals surface area (Å²) in [5.41, 5.74) is 2.39. The number of ether oxygens (including phenoxy) is 1. The molecule has 0 bridgehead atoms. The van der Waals surface area contributed by atoms with Gasteiger partial charge in [-0.05, 0) is 48.9 Å². The molecule has 2 aromatic heterocycles. The maximum atomic E-state index is 12.6. The second-order valence-electron chi connectivity index (χ2n) is 5.58. The largest absolute Gasteiger partial charge is 0.497 e. The smallest absolute Gasteiger partial charge is 0.258 e. The van der Waals surface area contributed by atoms with Crippen LogP contribution in [0.15, 0.2) is 72.1 Å². The van der Waals surface area contributed by atoms with Crippen molar-refractivity contribution < 1.29 is 9.53 Å². The molecule has 1 atom stereocenters. The predicted octanol–water partition coefficient (Wildman–Crippen LogP) is 4.59. The number of hydrogen-bond acceptors (Lipinski definition) is 5. The van der Waals surface area contributed by atoms with Crippen molar-refractivity contribution in [3.63, 3.8) is 0 Å². The van der Waals surface area contributed by atoms with Crippen molar-refractivity contribution >= 4 is 23.4 Å². The quantitative estimate of drug-likeness (QED) is 0.647. The Balaban J connectivity index is 1.76. The van der Waals surface area contributed by atoms with E-state index in [1.165, 1.54) is 0 Å². The third kappa shape index (κ3) is 4.40. The summed E-state index contributed by atoms with van der Waals surface area (Å²) in [6, 6.07) is 15.0. The molecule has 0 fully saturated rings. The van der Waals surface area contributed by atoms with Gasteiger partial charge in [-0.3, -0.25) is 9.78 Å². The lowest BCUT2D eigenvalue weighted by molar-refractivity contribution is 0.102. The van der Waals surface area contributed by atoms with Crippen molar-refractivity contribution in [1.29, 1.82) is 0 Å². The predicted molar refractivity (Wildman–Crippen MR) is 104 cm³/mol. The van der Waals surface area contributed by atoms with Crippen LogP contribution in [0, 0.1) is 0 Å². The summed E-state index contributed by atoms with van der Waals surface area (Å²) >= 11 is 1.55. The average molecular weight is 365 g/mol. The molecule has 1 N–H and O–H groups in total. The van der Waals surface area contributed by atoms with Gasteiger partial charge in [0.2, 0.25) is 0 Å². The van der Waals surface area contributed by atoms with Gasteiger partial charge in [0.05, 0.1) is 12.7 Å². The summed E-state index contributed by atoms with van der Waals surface area (Å²) in [4.78, 5) is 21.0. The number of carbonyl (C=O) groups is 1. The van der Waals surface area contributed by atoms with E-state index < -0.39 is 0 Å². The third-order valence-corrected chi connectivity index (χ3v) is 5.00. The molecule has 6 heteroatoms. The summed E-state index contributed by atoms with van der Waals surface area (Å²) < 4.78 is 5.20. The standard InChI is InChI=1S/C20H19N3O2S/c1-14(15-5-7-17(25-2)8-6-15)26-20-18(4-3-11-22-20)19(24)23-16-9-12-21-13-10-16/h3-14H,1-2H3,(H,21,23,24). The summed E-state index contributed by atoms with van der Waals surface area (Å²) in [5.74, 6) is 0.634. The van der Waals surface area contributed by atoms with Gasteiger partial charge in [-0.15, -0.1) is 0 Å². The molecule has 1 aromatic carbocycles. The first-order valence-corrected chi connectivity index (χ1v) is 9.02. The van der Waals surface area contributed by atoms with Crippen molar-refractivity contribution in [3.8, 4) is 5.75 Å². The number of thioether (sulfide) groups is 1. The Labute approximate surface area is 156 Å². The number of amides is 1. The zero-order valence-electron chi connectivity index (χ0n) is 14.5. The van der Waals surface area contributed by atoms with Crippen molar-refractivity contribution in [1.82, 2.24) is 9.97 Å². The maximum Gasteiger partial charge on any atom is 0.258 e. The van der Waals surface area contributed by atoms with Crippen LogP contribution < -0.4 is 10.1 Å². The number of aromatic nitrogens is 2. The number of carbonyl (C=O) groups excluding carboxylic acids is 1. The van der Waals surface area contributed by atoms with Crippen LogP contribution in [-0.2, 0) is 0 Å². The second-order valence-corrected chi connectivity index (χ2v) is 6.91. The number of hydrogen-bond donors (Lipinski definition) is 1. The summed E-state index contributed by atoms with van der Waals surface area (Å²) in [6.07, 6.45) is 4.98. The molecular formula is C20H19N3O2S. The zero-order valence-corrected chi connectivity index (χ0v) is 15.4. The summed E-state index contributed by atoms with van der Waals surface area (Å²) in [6.45, 7) is 2.09. The number of anilines is 1. The molecule has 0 saturated heterocycles. The first-order chi connectivity index (χ1) is 12.7. The molecule has 26 heavy (non-hydrogen) atoms. The lowest BCUT2D eigenvalue weighted by Gasteiger charge is -2.14. The molecule has 0 saturated carbocycles. The van der Waals surface area contributed by atoms with E-state index in [9.17, 15) is 4.79 Å². The Morgan fingerprint density at radius 3 is 2.50 bits per heavy atom. The Bertz CT molecular complexity index is 870. The molecule has 1 unspecified atom stereocenters. The van der Waals surface area contributed by atoms with E-state index in [-0.39, 0.29) is 11.2 Å². The lowest BCUT2D eigenvalue weighted by Crippen LogP contribution is -2.13. The second kappa shape index (κ2) is 8.49. The van der Waals surface area contributed by atoms with E-state index >= 15 is 0 Å². The van der Waals surface area contributed by atoms with Gasteiger partial charge in [-0.25, -0.2) is 4.98 Å². The minimum Gasteiger partial charge on any atom is -0.497 e. The van der Waals surface area contributed by atoms with E-state index in [2.05, 4.69) is 22.2 Å². The molecule has 3 aromatic rings. The highest BCUT2D eigenvalue weighted by atomic mass is 32.2. The summed E-state index contributed by atoms with van der Waals surface area (Å²) in [5, 5.41) is 3.72. The highest BCUT2D eigenvalue weighted by molar-refractivity contribution is 7.99. The van der Waals surface area contributed by atoms with E-state index in [0.29, 0.717) is 16.3 Å². The SMILES string of the molecule is COc1ccc(C(C)Sc2ncccc2C(=O)Nc2ccncc2)cc1. The average Bonchev–Trinajstić information content (AvgIpc) is 2.69. The molecule has 0 radical (unpaired) electrons. The van der Waals surface area contributed by atoms with Crippen LogP contribution in [-0.4, -0.2) is 23.0 Å². The fourth-order valence-electron chi connectivity index (χ4n) is 2.40. The molecule has 132 valence electrons. The Hall–Kier alpha value is -2.86. The maximum absolute atomic E-state index is 12.6. The fraction of sp³-hybridized carbons (Fsp3) is 0.150. The van der Waals surface area contributed by atoms with Crippen LogP contribution in [0.5, 0.6) is 5.75 Å². The molecule has 0 aliphatic heterocycles. The van der Waals surface area contributed by atoms with Crippen LogP contribution >= 0.6 is 11.8 Å². The normalized spacial score (nSPS) is 11.6. The number of benzene rings is 1. The van der Waals surface area contributed by atoms with Gasteiger partial charge in [0.15, 0.2) is 0 Å². The number of nitrogens with one attached hydrogen (secondary N) is 1. The van der Waals surface area contributed by atoms with Gasteiger partial charge in [0.25, 0.3) is 5.91 Å². The van der Waals surface area contributed by atoms with Crippen LogP contribution in [0.4, 0.5) is 5.69 Å². The Morgan fingerprint density at radius 2 is 1.81 bits per heavy atom. The molecule has 3 rings (SSSR count). The Kier molecular flexibility index (Phi) is 5.86. The van der Waals surface area contributed by atoms with Crippen molar-refractivity contribution in [2.75, 3.05) is 12.4 Å². The highest BCUT2D eigenvalue weighted by Crippen LogP contribution is 2.36. The molecule has 2 heterocycles. The minimum absolute atomic E-state index is 0.142. The van der Waals surface area contributed by atoms with E-state index in [4.69, 9.17) is 4.74 Å². The molecule has 1 amide bonds. The van der Waals surface area contributed by atoms with Gasteiger partial charge in [0, 0.05) is 29.5 Å². The van der Waals surface area contributed by atoms with Crippen LogP contribution in [0.1, 0.15) is 28.1 Å². The van der Waals surface area contributed by atoms with Crippen molar-refractivity contribution in [3.05, 3.63) is 78.2 Å². The zero-order chi connectivity index (χ0) is 18.4. The first-order valence-electron chi connectivity index (χ1n) is 8.14. The van der Waals surface area contributed by atoms with E-state index in [1.807, 2.05) is 24.3 Å². The van der Waals surface area contributed by atoms with Crippen molar-refractivity contribution in [2.45, 2.75) is 17.2 Å². The lowest BCUT2D eigenvalue weighted by atomic mass is 10.2. The van der Waals surface area contributed by atoms with Gasteiger partial charge < -0.3 is 10.1 Å². The third-order valence-electron chi connectivity index (χ3n) is 3.83. The first kappa shape index (κ1) is 17.9. The summed E-state index contributed by atoms with van der Waals surface area (Å²) in [7, 11) is 1.65. The minimum atomic E-state index is -0.186. The molecule has 0 spiro atoms. The van der Waals surface area contributed by atoms with E-state index in [1.54, 1.807) is 61.7 Å². The number of nitrogens with zero attached hydrogens (tertiary/aromatic N) is 2. The number of rotatable bonds is 6. The monoisotopic (exact) mass is 365 g/mol. The van der Waals surface area contributed by atoms with Gasteiger partial charge in [0.1, 0.15) is 10.8 Å². The van der Waals surface area contributed by atoms with Crippen LogP contribution in [0.2, 0.25) is 0 Å². The number of methoxy groups -OCH3 is 1. The molecule has 0 aliphatic carbocycles. The van der Waals surface area contributed by atoms with E-state index in [0.717, 1.165) is 11.3 Å². The number of pyridine rings is 2.